The van der Waals surface area contributed by atoms with Crippen molar-refractivity contribution in [1.29, 1.82) is 0 Å². The lowest BCUT2D eigenvalue weighted by molar-refractivity contribution is -0.138. The normalized spacial score (nSPS) is 13.5. The lowest BCUT2D eigenvalue weighted by Gasteiger charge is -2.15. The third-order valence-electron chi connectivity index (χ3n) is 5.64. The number of rotatable bonds is 6. The second-order valence-corrected chi connectivity index (χ2v) is 8.32. The molecule has 0 aliphatic carbocycles. The van der Waals surface area contributed by atoms with Gasteiger partial charge in [0, 0.05) is 11.1 Å². The Bertz CT molecular complexity index is 1470. The first-order chi connectivity index (χ1) is 17.0. The van der Waals surface area contributed by atoms with Gasteiger partial charge in [0.25, 0.3) is 11.8 Å². The number of carbonyl (C=O) groups excluding carboxylic acids is 3. The Balaban J connectivity index is 1.28. The maximum atomic E-state index is 12.8. The van der Waals surface area contributed by atoms with E-state index in [0.717, 1.165) is 21.2 Å². The third-order valence-corrected chi connectivity index (χ3v) is 5.99. The standard InChI is InChI=1S/C28H19ClN2O4/c29-24-25(27(33)31(26(24)32)17-18-7-2-1-3-8-18)30-21-15-13-20(14-16-21)28(34)35-23-12-6-10-19-9-4-5-11-22(19)23/h1-16,30H,17H2. The summed E-state index contributed by atoms with van der Waals surface area (Å²) in [5, 5.41) is 4.55. The van der Waals surface area contributed by atoms with Gasteiger partial charge in [-0.15, -0.1) is 0 Å². The molecule has 0 saturated heterocycles. The van der Waals surface area contributed by atoms with Gasteiger partial charge in [0.1, 0.15) is 16.5 Å². The van der Waals surface area contributed by atoms with E-state index in [4.69, 9.17) is 16.3 Å². The zero-order valence-corrected chi connectivity index (χ0v) is 19.2. The average Bonchev–Trinajstić information content (AvgIpc) is 3.08. The smallest absolute Gasteiger partial charge is 0.343 e. The quantitative estimate of drug-likeness (QED) is 0.223. The summed E-state index contributed by atoms with van der Waals surface area (Å²) in [5.41, 5.74) is 1.65. The number of esters is 1. The van der Waals surface area contributed by atoms with Crippen molar-refractivity contribution in [2.45, 2.75) is 6.54 Å². The van der Waals surface area contributed by atoms with Gasteiger partial charge in [-0.3, -0.25) is 14.5 Å². The van der Waals surface area contributed by atoms with E-state index in [-0.39, 0.29) is 17.3 Å². The maximum absolute atomic E-state index is 12.8. The summed E-state index contributed by atoms with van der Waals surface area (Å²) in [5.74, 6) is -1.10. The summed E-state index contributed by atoms with van der Waals surface area (Å²) >= 11 is 6.19. The molecule has 1 heterocycles. The van der Waals surface area contributed by atoms with E-state index in [2.05, 4.69) is 5.32 Å². The van der Waals surface area contributed by atoms with Crippen LogP contribution in [-0.2, 0) is 16.1 Å². The van der Waals surface area contributed by atoms with Gasteiger partial charge < -0.3 is 10.1 Å². The molecule has 1 aliphatic heterocycles. The molecule has 4 aromatic carbocycles. The van der Waals surface area contributed by atoms with Crippen LogP contribution in [0.15, 0.2) is 108 Å². The summed E-state index contributed by atoms with van der Waals surface area (Å²) < 4.78 is 5.61. The second-order valence-electron chi connectivity index (χ2n) is 7.94. The molecule has 4 aromatic rings. The topological polar surface area (TPSA) is 75.7 Å². The monoisotopic (exact) mass is 482 g/mol. The molecule has 172 valence electrons. The van der Waals surface area contributed by atoms with Gasteiger partial charge >= 0.3 is 5.97 Å². The van der Waals surface area contributed by atoms with Crippen molar-refractivity contribution in [3.05, 3.63) is 119 Å². The van der Waals surface area contributed by atoms with Crippen molar-refractivity contribution in [2.24, 2.45) is 0 Å². The Morgan fingerprint density at radius 2 is 1.49 bits per heavy atom. The number of nitrogens with zero attached hydrogens (tertiary/aromatic N) is 1. The van der Waals surface area contributed by atoms with Gasteiger partial charge in [-0.05, 0) is 41.3 Å². The minimum Gasteiger partial charge on any atom is -0.422 e. The molecule has 0 bridgehead atoms. The van der Waals surface area contributed by atoms with Crippen LogP contribution in [0.2, 0.25) is 0 Å². The Morgan fingerprint density at radius 3 is 2.26 bits per heavy atom. The molecular formula is C28H19ClN2O4. The minimum absolute atomic E-state index is 0.00122. The number of hydrogen-bond acceptors (Lipinski definition) is 5. The van der Waals surface area contributed by atoms with Crippen molar-refractivity contribution in [2.75, 3.05) is 5.32 Å². The van der Waals surface area contributed by atoms with Crippen molar-refractivity contribution in [3.8, 4) is 5.75 Å². The Labute approximate surface area is 206 Å². The van der Waals surface area contributed by atoms with Crippen molar-refractivity contribution in [3.63, 3.8) is 0 Å². The molecule has 1 N–H and O–H groups in total. The summed E-state index contributed by atoms with van der Waals surface area (Å²) in [6.07, 6.45) is 0. The molecule has 0 saturated carbocycles. The fourth-order valence-electron chi connectivity index (χ4n) is 3.84. The number of benzene rings is 4. The van der Waals surface area contributed by atoms with E-state index >= 15 is 0 Å². The van der Waals surface area contributed by atoms with Gasteiger partial charge in [-0.25, -0.2) is 4.79 Å². The number of nitrogens with one attached hydrogen (secondary N) is 1. The van der Waals surface area contributed by atoms with E-state index in [1.54, 1.807) is 30.3 Å². The van der Waals surface area contributed by atoms with Crippen molar-refractivity contribution < 1.29 is 19.1 Å². The second kappa shape index (κ2) is 9.44. The highest BCUT2D eigenvalue weighted by Gasteiger charge is 2.37. The molecule has 0 fully saturated rings. The molecule has 2 amide bonds. The highest BCUT2D eigenvalue weighted by Crippen LogP contribution is 2.28. The maximum Gasteiger partial charge on any atom is 0.343 e. The molecule has 0 atom stereocenters. The van der Waals surface area contributed by atoms with E-state index < -0.39 is 17.8 Å². The summed E-state index contributed by atoms with van der Waals surface area (Å²) in [6.45, 7) is 0.124. The first kappa shape index (κ1) is 22.4. The molecule has 35 heavy (non-hydrogen) atoms. The summed E-state index contributed by atoms with van der Waals surface area (Å²) in [7, 11) is 0. The number of amides is 2. The van der Waals surface area contributed by atoms with Crippen LogP contribution in [0.3, 0.4) is 0 Å². The zero-order valence-electron chi connectivity index (χ0n) is 18.4. The molecule has 6 nitrogen and oxygen atoms in total. The van der Waals surface area contributed by atoms with Gasteiger partial charge in [-0.2, -0.15) is 0 Å². The summed E-state index contributed by atoms with van der Waals surface area (Å²) in [6, 6.07) is 28.7. The first-order valence-electron chi connectivity index (χ1n) is 10.9. The number of hydrogen-bond donors (Lipinski definition) is 1. The van der Waals surface area contributed by atoms with Crippen LogP contribution in [0, 0.1) is 0 Å². The lowest BCUT2D eigenvalue weighted by Crippen LogP contribution is -2.31. The lowest BCUT2D eigenvalue weighted by atomic mass is 10.1. The van der Waals surface area contributed by atoms with Gasteiger partial charge in [-0.1, -0.05) is 78.3 Å². The number of fused-ring (bicyclic) bond motifs is 1. The Hall–Kier alpha value is -4.42. The zero-order chi connectivity index (χ0) is 24.4. The SMILES string of the molecule is O=C(Oc1cccc2ccccc12)c1ccc(NC2=C(Cl)C(=O)N(Cc3ccccc3)C2=O)cc1. The molecule has 5 rings (SSSR count). The Kier molecular flexibility index (Phi) is 6.04. The number of imide groups is 1. The van der Waals surface area contributed by atoms with Crippen LogP contribution in [0.25, 0.3) is 10.8 Å². The van der Waals surface area contributed by atoms with Gasteiger partial charge in [0.05, 0.1) is 12.1 Å². The fourth-order valence-corrected chi connectivity index (χ4v) is 4.07. The average molecular weight is 483 g/mol. The van der Waals surface area contributed by atoms with Crippen LogP contribution in [-0.4, -0.2) is 22.7 Å². The molecule has 0 spiro atoms. The van der Waals surface area contributed by atoms with E-state index in [9.17, 15) is 14.4 Å². The summed E-state index contributed by atoms with van der Waals surface area (Å²) in [4.78, 5) is 39.2. The highest BCUT2D eigenvalue weighted by molar-refractivity contribution is 6.48. The van der Waals surface area contributed by atoms with Crippen LogP contribution >= 0.6 is 11.6 Å². The van der Waals surface area contributed by atoms with Crippen LogP contribution in [0.5, 0.6) is 5.75 Å². The van der Waals surface area contributed by atoms with E-state index in [1.807, 2.05) is 66.7 Å². The minimum atomic E-state index is -0.557. The van der Waals surface area contributed by atoms with E-state index in [1.165, 1.54) is 0 Å². The van der Waals surface area contributed by atoms with E-state index in [0.29, 0.717) is 17.0 Å². The van der Waals surface area contributed by atoms with Crippen LogP contribution < -0.4 is 10.1 Å². The first-order valence-corrected chi connectivity index (χ1v) is 11.3. The molecule has 0 radical (unpaired) electrons. The predicted octanol–water partition coefficient (Wildman–Crippen LogP) is 5.49. The molecule has 0 aromatic heterocycles. The fraction of sp³-hybridized carbons (Fsp3) is 0.0357. The van der Waals surface area contributed by atoms with Gasteiger partial charge in [0.15, 0.2) is 0 Å². The number of anilines is 1. The van der Waals surface area contributed by atoms with Crippen molar-refractivity contribution in [1.82, 2.24) is 4.90 Å². The molecule has 7 heteroatoms. The molecular weight excluding hydrogens is 464 g/mol. The highest BCUT2D eigenvalue weighted by atomic mass is 35.5. The van der Waals surface area contributed by atoms with Crippen LogP contribution in [0.1, 0.15) is 15.9 Å². The largest absolute Gasteiger partial charge is 0.422 e. The number of halogens is 1. The number of carbonyl (C=O) groups is 3. The van der Waals surface area contributed by atoms with Crippen LogP contribution in [0.4, 0.5) is 5.69 Å². The molecule has 0 unspecified atom stereocenters. The number of ether oxygens (including phenoxy) is 1. The van der Waals surface area contributed by atoms with Crippen molar-refractivity contribution >= 4 is 45.8 Å². The molecule has 1 aliphatic rings. The van der Waals surface area contributed by atoms with Gasteiger partial charge in [0.2, 0.25) is 0 Å². The predicted molar refractivity (Wildman–Crippen MR) is 134 cm³/mol. The Morgan fingerprint density at radius 1 is 0.800 bits per heavy atom. The third kappa shape index (κ3) is 4.52.